The number of hydrogen-bond acceptors (Lipinski definition) is 1. The summed E-state index contributed by atoms with van der Waals surface area (Å²) < 4.78 is 1.17. The van der Waals surface area contributed by atoms with Crippen LogP contribution in [0.5, 0.6) is 0 Å². The zero-order valence-corrected chi connectivity index (χ0v) is 14.6. The molecule has 102 valence electrons. The van der Waals surface area contributed by atoms with Crippen LogP contribution in [0.15, 0.2) is 22.7 Å². The third-order valence-electron chi connectivity index (χ3n) is 3.10. The van der Waals surface area contributed by atoms with Crippen molar-refractivity contribution in [2.24, 2.45) is 0 Å². The summed E-state index contributed by atoms with van der Waals surface area (Å²) in [6.07, 6.45) is 5.02. The van der Waals surface area contributed by atoms with Crippen molar-refractivity contribution in [3.8, 4) is 0 Å². The Bertz CT molecular complexity index is 344. The number of anilines is 1. The summed E-state index contributed by atoms with van der Waals surface area (Å²) >= 11 is 7.18. The summed E-state index contributed by atoms with van der Waals surface area (Å²) in [5, 5.41) is 0.921. The maximum atomic E-state index is 3.60. The van der Waals surface area contributed by atoms with Gasteiger partial charge in [-0.1, -0.05) is 64.6 Å². The average Bonchev–Trinajstić information content (AvgIpc) is 2.39. The molecule has 0 fully saturated rings. The molecule has 0 spiro atoms. The minimum Gasteiger partial charge on any atom is -0.371 e. The van der Waals surface area contributed by atoms with Crippen molar-refractivity contribution in [1.29, 1.82) is 0 Å². The van der Waals surface area contributed by atoms with E-state index in [2.05, 4.69) is 68.8 Å². The number of benzene rings is 1. The second kappa shape index (κ2) is 8.98. The van der Waals surface area contributed by atoms with Gasteiger partial charge in [-0.3, -0.25) is 0 Å². The van der Waals surface area contributed by atoms with E-state index in [1.807, 2.05) is 0 Å². The first kappa shape index (κ1) is 16.0. The minimum absolute atomic E-state index is 0.921. The molecule has 0 aliphatic heterocycles. The number of unbranched alkanes of at least 4 members (excludes halogenated alkanes) is 2. The van der Waals surface area contributed by atoms with Gasteiger partial charge in [0.05, 0.1) is 0 Å². The van der Waals surface area contributed by atoms with Crippen LogP contribution in [0, 0.1) is 0 Å². The summed E-state index contributed by atoms with van der Waals surface area (Å²) in [5.41, 5.74) is 2.76. The van der Waals surface area contributed by atoms with Gasteiger partial charge in [0.1, 0.15) is 0 Å². The van der Waals surface area contributed by atoms with E-state index in [1.165, 1.54) is 41.4 Å². The van der Waals surface area contributed by atoms with Crippen LogP contribution in [0.2, 0.25) is 0 Å². The van der Waals surface area contributed by atoms with Gasteiger partial charge in [0.2, 0.25) is 0 Å². The number of nitrogens with zero attached hydrogens (tertiary/aromatic N) is 1. The lowest BCUT2D eigenvalue weighted by Gasteiger charge is -2.27. The van der Waals surface area contributed by atoms with Gasteiger partial charge in [0.15, 0.2) is 0 Å². The molecule has 3 heteroatoms. The molecular formula is C15H23Br2N. The Morgan fingerprint density at radius 2 is 1.67 bits per heavy atom. The second-order valence-corrected chi connectivity index (χ2v) is 6.08. The number of alkyl halides is 1. The van der Waals surface area contributed by atoms with Gasteiger partial charge >= 0.3 is 0 Å². The van der Waals surface area contributed by atoms with Crippen molar-refractivity contribution >= 4 is 37.5 Å². The fourth-order valence-corrected chi connectivity index (χ4v) is 2.82. The van der Waals surface area contributed by atoms with Gasteiger partial charge in [0.25, 0.3) is 0 Å². The number of halogens is 2. The summed E-state index contributed by atoms with van der Waals surface area (Å²) in [6.45, 7) is 6.83. The predicted octanol–water partition coefficient (Wildman–Crippen LogP) is 5.75. The van der Waals surface area contributed by atoms with Crippen LogP contribution in [0.1, 0.15) is 45.1 Å². The Balaban J connectivity index is 2.90. The van der Waals surface area contributed by atoms with E-state index in [0.29, 0.717) is 0 Å². The summed E-state index contributed by atoms with van der Waals surface area (Å²) in [4.78, 5) is 2.54. The van der Waals surface area contributed by atoms with Gasteiger partial charge in [-0.2, -0.15) is 0 Å². The fraction of sp³-hybridized carbons (Fsp3) is 0.600. The largest absolute Gasteiger partial charge is 0.371 e. The summed E-state index contributed by atoms with van der Waals surface area (Å²) in [5.74, 6) is 0. The van der Waals surface area contributed by atoms with Crippen molar-refractivity contribution in [2.45, 2.75) is 44.9 Å². The molecule has 0 unspecified atom stereocenters. The van der Waals surface area contributed by atoms with Crippen LogP contribution in [0.25, 0.3) is 0 Å². The highest BCUT2D eigenvalue weighted by molar-refractivity contribution is 9.10. The van der Waals surface area contributed by atoms with Gasteiger partial charge in [-0.15, -0.1) is 0 Å². The number of rotatable bonds is 8. The van der Waals surface area contributed by atoms with Crippen LogP contribution in [-0.4, -0.2) is 13.1 Å². The molecule has 18 heavy (non-hydrogen) atoms. The normalized spacial score (nSPS) is 10.7. The molecule has 1 nitrogen and oxygen atoms in total. The Labute approximate surface area is 128 Å². The lowest BCUT2D eigenvalue weighted by atomic mass is 10.1. The maximum absolute atomic E-state index is 3.60. The molecule has 0 N–H and O–H groups in total. The fourth-order valence-electron chi connectivity index (χ4n) is 2.00. The van der Waals surface area contributed by atoms with Crippen LogP contribution in [-0.2, 0) is 5.33 Å². The van der Waals surface area contributed by atoms with E-state index < -0.39 is 0 Å². The first-order chi connectivity index (χ1) is 8.72. The standard InChI is InChI=1S/C15H23Br2N/c1-3-5-9-18(10-6-4-2)15-11-14(17)8-7-13(15)12-16/h7-8,11H,3-6,9-10,12H2,1-2H3. The number of hydrogen-bond donors (Lipinski definition) is 0. The highest BCUT2D eigenvalue weighted by Crippen LogP contribution is 2.27. The van der Waals surface area contributed by atoms with Gasteiger partial charge < -0.3 is 4.90 Å². The van der Waals surface area contributed by atoms with E-state index in [-0.39, 0.29) is 0 Å². The smallest absolute Gasteiger partial charge is 0.0418 e. The second-order valence-electron chi connectivity index (χ2n) is 4.60. The van der Waals surface area contributed by atoms with Crippen molar-refractivity contribution in [3.63, 3.8) is 0 Å². The third kappa shape index (κ3) is 4.93. The quantitative estimate of drug-likeness (QED) is 0.522. The average molecular weight is 377 g/mol. The molecule has 0 heterocycles. The van der Waals surface area contributed by atoms with E-state index in [1.54, 1.807) is 0 Å². The van der Waals surface area contributed by atoms with E-state index >= 15 is 0 Å². The highest BCUT2D eigenvalue weighted by atomic mass is 79.9. The topological polar surface area (TPSA) is 3.24 Å². The molecule has 0 bridgehead atoms. The molecule has 1 rings (SSSR count). The highest BCUT2D eigenvalue weighted by Gasteiger charge is 2.10. The molecule has 0 amide bonds. The van der Waals surface area contributed by atoms with Crippen molar-refractivity contribution in [3.05, 3.63) is 28.2 Å². The van der Waals surface area contributed by atoms with E-state index in [4.69, 9.17) is 0 Å². The molecule has 0 atom stereocenters. The first-order valence-electron chi connectivity index (χ1n) is 6.82. The Kier molecular flexibility index (Phi) is 8.00. The lowest BCUT2D eigenvalue weighted by Crippen LogP contribution is -2.26. The molecular weight excluding hydrogens is 354 g/mol. The van der Waals surface area contributed by atoms with Crippen LogP contribution in [0.3, 0.4) is 0 Å². The van der Waals surface area contributed by atoms with Crippen molar-refractivity contribution < 1.29 is 0 Å². The molecule has 0 aromatic heterocycles. The van der Waals surface area contributed by atoms with Crippen molar-refractivity contribution in [1.82, 2.24) is 0 Å². The van der Waals surface area contributed by atoms with Crippen LogP contribution in [0.4, 0.5) is 5.69 Å². The van der Waals surface area contributed by atoms with E-state index in [9.17, 15) is 0 Å². The molecule has 0 saturated heterocycles. The lowest BCUT2D eigenvalue weighted by molar-refractivity contribution is 0.676. The predicted molar refractivity (Wildman–Crippen MR) is 88.8 cm³/mol. The van der Waals surface area contributed by atoms with E-state index in [0.717, 1.165) is 18.4 Å². The van der Waals surface area contributed by atoms with Gasteiger partial charge in [-0.05, 0) is 30.5 Å². The molecule has 0 aliphatic carbocycles. The van der Waals surface area contributed by atoms with Crippen molar-refractivity contribution in [2.75, 3.05) is 18.0 Å². The molecule has 1 aromatic carbocycles. The Hall–Kier alpha value is -0.0200. The van der Waals surface area contributed by atoms with Gasteiger partial charge in [-0.25, -0.2) is 0 Å². The minimum atomic E-state index is 0.921. The zero-order chi connectivity index (χ0) is 13.4. The molecule has 0 radical (unpaired) electrons. The van der Waals surface area contributed by atoms with Crippen LogP contribution < -0.4 is 4.90 Å². The Morgan fingerprint density at radius 1 is 1.06 bits per heavy atom. The summed E-state index contributed by atoms with van der Waals surface area (Å²) in [7, 11) is 0. The third-order valence-corrected chi connectivity index (χ3v) is 4.19. The van der Waals surface area contributed by atoms with Gasteiger partial charge in [0, 0.05) is 28.6 Å². The first-order valence-corrected chi connectivity index (χ1v) is 8.73. The Morgan fingerprint density at radius 3 is 2.17 bits per heavy atom. The SMILES string of the molecule is CCCCN(CCCC)c1cc(Br)ccc1CBr. The zero-order valence-electron chi connectivity index (χ0n) is 11.4. The van der Waals surface area contributed by atoms with Crippen LogP contribution >= 0.6 is 31.9 Å². The molecule has 0 aliphatic rings. The molecule has 0 saturated carbocycles. The molecule has 1 aromatic rings. The monoisotopic (exact) mass is 375 g/mol. The summed E-state index contributed by atoms with van der Waals surface area (Å²) in [6, 6.07) is 6.58. The maximum Gasteiger partial charge on any atom is 0.0418 e.